The van der Waals surface area contributed by atoms with Crippen molar-refractivity contribution in [3.63, 3.8) is 0 Å². The molecule has 0 aliphatic carbocycles. The third kappa shape index (κ3) is 3.76. The lowest BCUT2D eigenvalue weighted by Gasteiger charge is -2.32. The molecule has 128 valence electrons. The zero-order chi connectivity index (χ0) is 16.4. The van der Waals surface area contributed by atoms with E-state index >= 15 is 0 Å². The van der Waals surface area contributed by atoms with Crippen LogP contribution in [0.1, 0.15) is 25.3 Å². The summed E-state index contributed by atoms with van der Waals surface area (Å²) in [6, 6.07) is 4.60. The molecule has 2 atom stereocenters. The number of hydrogen-bond acceptors (Lipinski definition) is 4. The van der Waals surface area contributed by atoms with E-state index in [1.165, 1.54) is 19.4 Å². The molecule has 0 spiro atoms. The Bertz CT molecular complexity index is 552. The first-order valence-electron chi connectivity index (χ1n) is 8.52. The minimum Gasteiger partial charge on any atom is -0.493 e. The summed E-state index contributed by atoms with van der Waals surface area (Å²) < 4.78 is 11.1. The summed E-state index contributed by atoms with van der Waals surface area (Å²) in [4.78, 5) is 5.07. The molecular formula is C18H27ClN2O2. The molecule has 4 rings (SSSR count). The van der Waals surface area contributed by atoms with Crippen LogP contribution in [0.4, 0.5) is 0 Å². The Hall–Kier alpha value is -0.970. The molecule has 5 heteroatoms. The number of likely N-dealkylation sites (N-methyl/N-ethyl adjacent to an activating group) is 1. The molecule has 0 radical (unpaired) electrons. The highest BCUT2D eigenvalue weighted by Gasteiger charge is 2.32. The molecule has 2 bridgehead atoms. The molecule has 1 aromatic rings. The highest BCUT2D eigenvalue weighted by molar-refractivity contribution is 6.31. The average molecular weight is 339 g/mol. The topological polar surface area (TPSA) is 24.9 Å². The highest BCUT2D eigenvalue weighted by Crippen LogP contribution is 2.35. The Morgan fingerprint density at radius 1 is 1.17 bits per heavy atom. The minimum atomic E-state index is 0.621. The Labute approximate surface area is 144 Å². The van der Waals surface area contributed by atoms with Crippen LogP contribution in [0.25, 0.3) is 0 Å². The van der Waals surface area contributed by atoms with Crippen molar-refractivity contribution in [1.82, 2.24) is 9.80 Å². The molecule has 0 aromatic heterocycles. The van der Waals surface area contributed by atoms with Gasteiger partial charge in [-0.2, -0.15) is 0 Å². The molecule has 3 fully saturated rings. The number of benzene rings is 1. The van der Waals surface area contributed by atoms with Crippen LogP contribution in [0.15, 0.2) is 12.1 Å². The number of hydrogen-bond donors (Lipinski definition) is 0. The van der Waals surface area contributed by atoms with Gasteiger partial charge in [-0.05, 0) is 44.4 Å². The van der Waals surface area contributed by atoms with Crippen molar-refractivity contribution >= 4 is 11.6 Å². The first-order valence-corrected chi connectivity index (χ1v) is 8.90. The van der Waals surface area contributed by atoms with Crippen LogP contribution in [0.3, 0.4) is 0 Å². The first kappa shape index (κ1) is 16.9. The van der Waals surface area contributed by atoms with Gasteiger partial charge in [-0.15, -0.1) is 0 Å². The Morgan fingerprint density at radius 2 is 2.00 bits per heavy atom. The Balaban J connectivity index is 1.78. The van der Waals surface area contributed by atoms with Gasteiger partial charge in [0.1, 0.15) is 0 Å². The number of halogens is 1. The zero-order valence-electron chi connectivity index (χ0n) is 14.3. The van der Waals surface area contributed by atoms with Gasteiger partial charge in [0.25, 0.3) is 0 Å². The summed E-state index contributed by atoms with van der Waals surface area (Å²) in [6.45, 7) is 6.99. The second-order valence-electron chi connectivity index (χ2n) is 6.76. The fourth-order valence-electron chi connectivity index (χ4n) is 3.91. The third-order valence-electron chi connectivity index (χ3n) is 5.09. The van der Waals surface area contributed by atoms with Gasteiger partial charge in [0.15, 0.2) is 11.5 Å². The van der Waals surface area contributed by atoms with Crippen molar-refractivity contribution < 1.29 is 9.47 Å². The molecule has 0 N–H and O–H groups in total. The summed E-state index contributed by atoms with van der Waals surface area (Å²) in [5, 5.41) is 0.759. The number of fused-ring (bicyclic) bond motifs is 4. The fourth-order valence-corrected chi connectivity index (χ4v) is 4.12. The molecule has 4 nitrogen and oxygen atoms in total. The van der Waals surface area contributed by atoms with Crippen LogP contribution in [-0.4, -0.2) is 56.2 Å². The van der Waals surface area contributed by atoms with Crippen molar-refractivity contribution in [3.05, 3.63) is 22.7 Å². The maximum absolute atomic E-state index is 6.48. The van der Waals surface area contributed by atoms with E-state index in [9.17, 15) is 0 Å². The monoisotopic (exact) mass is 338 g/mol. The third-order valence-corrected chi connectivity index (χ3v) is 5.44. The van der Waals surface area contributed by atoms with Gasteiger partial charge in [-0.25, -0.2) is 0 Å². The second kappa shape index (κ2) is 7.29. The van der Waals surface area contributed by atoms with Gasteiger partial charge in [-0.3, -0.25) is 4.90 Å². The minimum absolute atomic E-state index is 0.621. The van der Waals surface area contributed by atoms with E-state index in [2.05, 4.69) is 16.8 Å². The SMILES string of the molecule is CCOc1cc(CN2C[C@H]3CC[C@@H](C2)N(C)C3)c(Cl)cc1OC. The van der Waals surface area contributed by atoms with E-state index in [1.54, 1.807) is 7.11 Å². The van der Waals surface area contributed by atoms with E-state index in [-0.39, 0.29) is 0 Å². The molecule has 0 unspecified atom stereocenters. The average Bonchev–Trinajstić information content (AvgIpc) is 2.80. The number of ether oxygens (including phenoxy) is 2. The van der Waals surface area contributed by atoms with Crippen molar-refractivity contribution in [2.45, 2.75) is 32.4 Å². The van der Waals surface area contributed by atoms with Gasteiger partial charge in [0, 0.05) is 43.3 Å². The maximum Gasteiger partial charge on any atom is 0.162 e. The Morgan fingerprint density at radius 3 is 2.70 bits per heavy atom. The first-order chi connectivity index (χ1) is 11.1. The smallest absolute Gasteiger partial charge is 0.162 e. The highest BCUT2D eigenvalue weighted by atomic mass is 35.5. The number of nitrogens with zero attached hydrogens (tertiary/aromatic N) is 2. The van der Waals surface area contributed by atoms with Crippen LogP contribution < -0.4 is 9.47 Å². The van der Waals surface area contributed by atoms with Crippen LogP contribution in [0, 0.1) is 5.92 Å². The molecule has 23 heavy (non-hydrogen) atoms. The lowest BCUT2D eigenvalue weighted by Crippen LogP contribution is -2.40. The number of methoxy groups -OCH3 is 1. The molecule has 1 aromatic carbocycles. The van der Waals surface area contributed by atoms with Gasteiger partial charge in [0.2, 0.25) is 0 Å². The normalized spacial score (nSPS) is 25.4. The van der Waals surface area contributed by atoms with Gasteiger partial charge in [0.05, 0.1) is 13.7 Å². The van der Waals surface area contributed by atoms with Gasteiger partial charge < -0.3 is 14.4 Å². The maximum atomic E-state index is 6.48. The number of rotatable bonds is 5. The lowest BCUT2D eigenvalue weighted by atomic mass is 9.96. The predicted octanol–water partition coefficient (Wildman–Crippen LogP) is 3.27. The molecule has 3 heterocycles. The summed E-state index contributed by atoms with van der Waals surface area (Å²) in [5.74, 6) is 2.27. The van der Waals surface area contributed by atoms with Crippen molar-refractivity contribution in [2.24, 2.45) is 5.92 Å². The van der Waals surface area contributed by atoms with Crippen LogP contribution in [0.5, 0.6) is 11.5 Å². The molecule has 0 amide bonds. The zero-order valence-corrected chi connectivity index (χ0v) is 15.1. The Kier molecular flexibility index (Phi) is 5.34. The van der Waals surface area contributed by atoms with Crippen molar-refractivity contribution in [1.29, 1.82) is 0 Å². The van der Waals surface area contributed by atoms with Crippen molar-refractivity contribution in [3.8, 4) is 11.5 Å². The summed E-state index contributed by atoms with van der Waals surface area (Å²) in [6.07, 6.45) is 2.67. The van der Waals surface area contributed by atoms with Crippen LogP contribution >= 0.6 is 11.6 Å². The van der Waals surface area contributed by atoms with E-state index in [0.717, 1.165) is 41.9 Å². The summed E-state index contributed by atoms with van der Waals surface area (Å²) in [7, 11) is 3.91. The molecule has 3 aliphatic rings. The second-order valence-corrected chi connectivity index (χ2v) is 7.17. The summed E-state index contributed by atoms with van der Waals surface area (Å²) in [5.41, 5.74) is 1.12. The van der Waals surface area contributed by atoms with Crippen LogP contribution in [-0.2, 0) is 6.54 Å². The lowest BCUT2D eigenvalue weighted by molar-refractivity contribution is 0.165. The largest absolute Gasteiger partial charge is 0.493 e. The molecule has 3 saturated heterocycles. The molecular weight excluding hydrogens is 312 g/mol. The van der Waals surface area contributed by atoms with Crippen molar-refractivity contribution in [2.75, 3.05) is 40.4 Å². The standard InChI is InChI=1S/C18H27ClN2O2/c1-4-23-18-7-14(16(19)8-17(18)22-3)11-21-10-13-5-6-15(12-21)20(2)9-13/h7-8,13,15H,4-6,9-12H2,1-3H3/t13-,15-/m0/s1. The molecule has 3 aliphatic heterocycles. The van der Waals surface area contributed by atoms with Gasteiger partial charge >= 0.3 is 0 Å². The van der Waals surface area contributed by atoms with E-state index in [0.29, 0.717) is 18.4 Å². The van der Waals surface area contributed by atoms with E-state index in [4.69, 9.17) is 21.1 Å². The van der Waals surface area contributed by atoms with E-state index in [1.807, 2.05) is 19.1 Å². The van der Waals surface area contributed by atoms with Gasteiger partial charge in [-0.1, -0.05) is 11.6 Å². The predicted molar refractivity (Wildman–Crippen MR) is 93.6 cm³/mol. The summed E-state index contributed by atoms with van der Waals surface area (Å²) >= 11 is 6.48. The van der Waals surface area contributed by atoms with E-state index < -0.39 is 0 Å². The fraction of sp³-hybridized carbons (Fsp3) is 0.667. The number of piperidine rings is 1. The van der Waals surface area contributed by atoms with Crippen LogP contribution in [0.2, 0.25) is 5.02 Å². The molecule has 0 saturated carbocycles. The quantitative estimate of drug-likeness (QED) is 0.822.